The maximum atomic E-state index is 13.5. The van der Waals surface area contributed by atoms with Crippen LogP contribution in [0.5, 0.6) is 0 Å². The van der Waals surface area contributed by atoms with Crippen LogP contribution in [0.25, 0.3) is 0 Å². The SMILES string of the molecule is CC1(C)CN(c2c(F)cc(Br)cc2F)C1. The van der Waals surface area contributed by atoms with E-state index in [1.165, 1.54) is 12.1 Å². The highest BCUT2D eigenvalue weighted by molar-refractivity contribution is 9.10. The zero-order chi connectivity index (χ0) is 11.2. The highest BCUT2D eigenvalue weighted by Crippen LogP contribution is 2.37. The topological polar surface area (TPSA) is 3.24 Å². The molecule has 0 saturated carbocycles. The molecule has 0 spiro atoms. The van der Waals surface area contributed by atoms with E-state index < -0.39 is 11.6 Å². The molecule has 0 bridgehead atoms. The fraction of sp³-hybridized carbons (Fsp3) is 0.455. The summed E-state index contributed by atoms with van der Waals surface area (Å²) in [5.41, 5.74) is 0.254. The van der Waals surface area contributed by atoms with E-state index in [1.807, 2.05) is 0 Å². The van der Waals surface area contributed by atoms with Crippen LogP contribution in [0.3, 0.4) is 0 Å². The Hall–Kier alpha value is -0.640. The van der Waals surface area contributed by atoms with Gasteiger partial charge in [-0.15, -0.1) is 0 Å². The van der Waals surface area contributed by atoms with Crippen molar-refractivity contribution < 1.29 is 8.78 Å². The Morgan fingerprint density at radius 2 is 1.67 bits per heavy atom. The summed E-state index contributed by atoms with van der Waals surface area (Å²) in [6, 6.07) is 2.59. The van der Waals surface area contributed by atoms with E-state index in [9.17, 15) is 8.78 Å². The molecule has 0 atom stereocenters. The summed E-state index contributed by atoms with van der Waals surface area (Å²) >= 11 is 3.06. The van der Waals surface area contributed by atoms with Gasteiger partial charge in [-0.3, -0.25) is 0 Å². The Morgan fingerprint density at radius 1 is 1.20 bits per heavy atom. The highest BCUT2D eigenvalue weighted by atomic mass is 79.9. The van der Waals surface area contributed by atoms with Crippen molar-refractivity contribution >= 4 is 21.6 Å². The van der Waals surface area contributed by atoms with Gasteiger partial charge in [0.25, 0.3) is 0 Å². The molecule has 1 aromatic carbocycles. The van der Waals surface area contributed by atoms with Crippen LogP contribution < -0.4 is 4.90 Å². The molecular weight excluding hydrogens is 264 g/mol. The lowest BCUT2D eigenvalue weighted by Crippen LogP contribution is -2.53. The van der Waals surface area contributed by atoms with Crippen molar-refractivity contribution in [2.45, 2.75) is 13.8 Å². The molecule has 1 aliphatic rings. The summed E-state index contributed by atoms with van der Waals surface area (Å²) in [6.45, 7) is 5.56. The average Bonchev–Trinajstić information content (AvgIpc) is 1.98. The van der Waals surface area contributed by atoms with Crippen LogP contribution in [0, 0.1) is 17.0 Å². The van der Waals surface area contributed by atoms with E-state index in [1.54, 1.807) is 4.90 Å². The van der Waals surface area contributed by atoms with Gasteiger partial charge < -0.3 is 4.90 Å². The Morgan fingerprint density at radius 3 is 2.07 bits per heavy atom. The average molecular weight is 276 g/mol. The van der Waals surface area contributed by atoms with Crippen LogP contribution in [-0.2, 0) is 0 Å². The number of anilines is 1. The molecule has 1 nitrogen and oxygen atoms in total. The van der Waals surface area contributed by atoms with Gasteiger partial charge in [-0.2, -0.15) is 0 Å². The second kappa shape index (κ2) is 3.44. The standard InChI is InChI=1S/C11H12BrF2N/c1-11(2)5-15(6-11)10-8(13)3-7(12)4-9(10)14/h3-4H,5-6H2,1-2H3. The van der Waals surface area contributed by atoms with Gasteiger partial charge in [0.2, 0.25) is 0 Å². The monoisotopic (exact) mass is 275 g/mol. The molecule has 15 heavy (non-hydrogen) atoms. The fourth-order valence-corrected chi connectivity index (χ4v) is 2.38. The van der Waals surface area contributed by atoms with Gasteiger partial charge >= 0.3 is 0 Å². The van der Waals surface area contributed by atoms with Crippen LogP contribution in [0.15, 0.2) is 16.6 Å². The summed E-state index contributed by atoms with van der Waals surface area (Å²) in [7, 11) is 0. The van der Waals surface area contributed by atoms with Crippen molar-refractivity contribution in [2.75, 3.05) is 18.0 Å². The lowest BCUT2D eigenvalue weighted by atomic mass is 9.84. The fourth-order valence-electron chi connectivity index (χ4n) is 1.98. The van der Waals surface area contributed by atoms with E-state index in [2.05, 4.69) is 29.8 Å². The highest BCUT2D eigenvalue weighted by Gasteiger charge is 2.36. The minimum atomic E-state index is -0.502. The summed E-state index contributed by atoms with van der Waals surface area (Å²) in [5.74, 6) is -1.00. The van der Waals surface area contributed by atoms with Gasteiger partial charge in [-0.05, 0) is 17.5 Å². The Kier molecular flexibility index (Phi) is 2.49. The normalized spacial score (nSPS) is 18.9. The van der Waals surface area contributed by atoms with Crippen molar-refractivity contribution in [3.8, 4) is 0 Å². The molecule has 1 aliphatic heterocycles. The molecular formula is C11H12BrF2N. The Bertz CT molecular complexity index is 373. The molecule has 1 aromatic rings. The van der Waals surface area contributed by atoms with Gasteiger partial charge in [0.15, 0.2) is 11.6 Å². The first-order chi connectivity index (χ1) is 6.89. The smallest absolute Gasteiger partial charge is 0.150 e. The van der Waals surface area contributed by atoms with Gasteiger partial charge in [0, 0.05) is 17.6 Å². The third-order valence-electron chi connectivity index (χ3n) is 2.54. The molecule has 0 aromatic heterocycles. The number of hydrogen-bond donors (Lipinski definition) is 0. The second-order valence-corrected chi connectivity index (χ2v) is 5.65. The van der Waals surface area contributed by atoms with Gasteiger partial charge in [-0.1, -0.05) is 29.8 Å². The van der Waals surface area contributed by atoms with E-state index >= 15 is 0 Å². The number of halogens is 3. The summed E-state index contributed by atoms with van der Waals surface area (Å²) < 4.78 is 27.5. The molecule has 1 fully saturated rings. The van der Waals surface area contributed by atoms with Crippen LogP contribution >= 0.6 is 15.9 Å². The third-order valence-corrected chi connectivity index (χ3v) is 2.99. The summed E-state index contributed by atoms with van der Waals surface area (Å²) in [5, 5.41) is 0. The minimum Gasteiger partial charge on any atom is -0.366 e. The summed E-state index contributed by atoms with van der Waals surface area (Å²) in [4.78, 5) is 1.73. The van der Waals surface area contributed by atoms with Crippen molar-refractivity contribution in [1.29, 1.82) is 0 Å². The number of hydrogen-bond acceptors (Lipinski definition) is 1. The van der Waals surface area contributed by atoms with Crippen LogP contribution in [-0.4, -0.2) is 13.1 Å². The Balaban J connectivity index is 2.30. The number of rotatable bonds is 1. The zero-order valence-electron chi connectivity index (χ0n) is 8.65. The lowest BCUT2D eigenvalue weighted by molar-refractivity contribution is 0.271. The van der Waals surface area contributed by atoms with E-state index in [0.717, 1.165) is 0 Å². The quantitative estimate of drug-likeness (QED) is 0.758. The van der Waals surface area contributed by atoms with E-state index in [4.69, 9.17) is 0 Å². The second-order valence-electron chi connectivity index (χ2n) is 4.74. The van der Waals surface area contributed by atoms with Crippen molar-refractivity contribution in [1.82, 2.24) is 0 Å². The maximum absolute atomic E-state index is 13.5. The third kappa shape index (κ3) is 2.00. The molecule has 4 heteroatoms. The van der Waals surface area contributed by atoms with E-state index in [-0.39, 0.29) is 11.1 Å². The zero-order valence-corrected chi connectivity index (χ0v) is 10.2. The molecule has 2 rings (SSSR count). The van der Waals surface area contributed by atoms with Crippen molar-refractivity contribution in [3.63, 3.8) is 0 Å². The molecule has 0 radical (unpaired) electrons. The van der Waals surface area contributed by atoms with Gasteiger partial charge in [0.1, 0.15) is 5.69 Å². The van der Waals surface area contributed by atoms with Gasteiger partial charge in [-0.25, -0.2) is 8.78 Å². The van der Waals surface area contributed by atoms with Crippen LogP contribution in [0.2, 0.25) is 0 Å². The molecule has 0 unspecified atom stereocenters. The number of nitrogens with zero attached hydrogens (tertiary/aromatic N) is 1. The van der Waals surface area contributed by atoms with Crippen LogP contribution in [0.4, 0.5) is 14.5 Å². The van der Waals surface area contributed by atoms with Gasteiger partial charge in [0.05, 0.1) is 0 Å². The summed E-state index contributed by atoms with van der Waals surface area (Å²) in [6.07, 6.45) is 0. The Labute approximate surface area is 96.2 Å². The molecule has 0 amide bonds. The molecule has 0 N–H and O–H groups in total. The maximum Gasteiger partial charge on any atom is 0.150 e. The van der Waals surface area contributed by atoms with Crippen molar-refractivity contribution in [2.24, 2.45) is 5.41 Å². The minimum absolute atomic E-state index is 0.0949. The van der Waals surface area contributed by atoms with E-state index in [0.29, 0.717) is 17.6 Å². The number of benzene rings is 1. The molecule has 82 valence electrons. The first-order valence-corrected chi connectivity index (χ1v) is 5.58. The molecule has 0 aliphatic carbocycles. The molecule has 1 heterocycles. The molecule has 1 saturated heterocycles. The largest absolute Gasteiger partial charge is 0.366 e. The first kappa shape index (κ1) is 10.9. The predicted octanol–water partition coefficient (Wildman–Crippen LogP) is 3.57. The first-order valence-electron chi connectivity index (χ1n) is 4.78. The van der Waals surface area contributed by atoms with Crippen LogP contribution in [0.1, 0.15) is 13.8 Å². The predicted molar refractivity (Wildman–Crippen MR) is 60.1 cm³/mol. The van der Waals surface area contributed by atoms with Crippen molar-refractivity contribution in [3.05, 3.63) is 28.2 Å². The lowest BCUT2D eigenvalue weighted by Gasteiger charge is -2.47.